The molecule has 0 bridgehead atoms. The van der Waals surface area contributed by atoms with Gasteiger partial charge in [0.15, 0.2) is 0 Å². The second-order valence-corrected chi connectivity index (χ2v) is 6.02. The van der Waals surface area contributed by atoms with Crippen LogP contribution in [0.15, 0.2) is 0 Å². The van der Waals surface area contributed by atoms with E-state index in [9.17, 15) is 0 Å². The molecule has 20 heavy (non-hydrogen) atoms. The van der Waals surface area contributed by atoms with E-state index in [0.717, 1.165) is 32.8 Å². The SMILES string of the molecule is CCCCCCCCC(NCC)C1CN(CC)CCO1. The van der Waals surface area contributed by atoms with E-state index in [2.05, 4.69) is 31.0 Å². The smallest absolute Gasteiger partial charge is 0.0855 e. The first-order valence-electron chi connectivity index (χ1n) is 8.89. The van der Waals surface area contributed by atoms with Crippen LogP contribution in [0.2, 0.25) is 0 Å². The molecule has 3 heteroatoms. The van der Waals surface area contributed by atoms with Crippen molar-refractivity contribution in [2.24, 2.45) is 0 Å². The molecule has 0 radical (unpaired) electrons. The summed E-state index contributed by atoms with van der Waals surface area (Å²) in [7, 11) is 0. The van der Waals surface area contributed by atoms with E-state index in [1.54, 1.807) is 0 Å². The number of unbranched alkanes of at least 4 members (excludes halogenated alkanes) is 5. The fourth-order valence-electron chi connectivity index (χ4n) is 3.09. The highest BCUT2D eigenvalue weighted by atomic mass is 16.5. The van der Waals surface area contributed by atoms with E-state index in [1.165, 1.54) is 44.9 Å². The lowest BCUT2D eigenvalue weighted by molar-refractivity contribution is -0.0462. The number of hydrogen-bond acceptors (Lipinski definition) is 3. The van der Waals surface area contributed by atoms with Gasteiger partial charge in [-0.3, -0.25) is 4.90 Å². The maximum Gasteiger partial charge on any atom is 0.0855 e. The number of likely N-dealkylation sites (N-methyl/N-ethyl adjacent to an activating group) is 2. The van der Waals surface area contributed by atoms with Crippen LogP contribution in [-0.2, 0) is 4.74 Å². The Morgan fingerprint density at radius 1 is 1.10 bits per heavy atom. The van der Waals surface area contributed by atoms with Crippen LogP contribution in [-0.4, -0.2) is 49.8 Å². The summed E-state index contributed by atoms with van der Waals surface area (Å²) in [4.78, 5) is 2.51. The van der Waals surface area contributed by atoms with Crippen LogP contribution in [0.5, 0.6) is 0 Å². The number of hydrogen-bond donors (Lipinski definition) is 1. The minimum absolute atomic E-state index is 0.388. The summed E-state index contributed by atoms with van der Waals surface area (Å²) in [5, 5.41) is 3.65. The average Bonchev–Trinajstić information content (AvgIpc) is 2.49. The zero-order valence-corrected chi connectivity index (χ0v) is 14.0. The monoisotopic (exact) mass is 284 g/mol. The van der Waals surface area contributed by atoms with Crippen LogP contribution in [0.25, 0.3) is 0 Å². The number of nitrogens with zero attached hydrogens (tertiary/aromatic N) is 1. The lowest BCUT2D eigenvalue weighted by Crippen LogP contribution is -2.52. The normalized spacial score (nSPS) is 22.1. The molecular formula is C17H36N2O. The summed E-state index contributed by atoms with van der Waals surface area (Å²) in [6, 6.07) is 0.542. The summed E-state index contributed by atoms with van der Waals surface area (Å²) in [5.41, 5.74) is 0. The molecule has 1 heterocycles. The fourth-order valence-corrected chi connectivity index (χ4v) is 3.09. The minimum atomic E-state index is 0.388. The molecule has 1 fully saturated rings. The molecule has 1 N–H and O–H groups in total. The summed E-state index contributed by atoms with van der Waals surface area (Å²) in [6.45, 7) is 12.0. The average molecular weight is 284 g/mol. The van der Waals surface area contributed by atoms with E-state index in [-0.39, 0.29) is 0 Å². The van der Waals surface area contributed by atoms with Crippen LogP contribution >= 0.6 is 0 Å². The maximum atomic E-state index is 6.02. The molecule has 1 saturated heterocycles. The highest BCUT2D eigenvalue weighted by molar-refractivity contribution is 4.82. The van der Waals surface area contributed by atoms with Crippen molar-refractivity contribution in [1.29, 1.82) is 0 Å². The maximum absolute atomic E-state index is 6.02. The lowest BCUT2D eigenvalue weighted by atomic mass is 10.0. The van der Waals surface area contributed by atoms with E-state index in [4.69, 9.17) is 4.74 Å². The Morgan fingerprint density at radius 2 is 1.85 bits per heavy atom. The Balaban J connectivity index is 2.24. The predicted molar refractivity (Wildman–Crippen MR) is 87.3 cm³/mol. The van der Waals surface area contributed by atoms with Gasteiger partial charge in [-0.2, -0.15) is 0 Å². The lowest BCUT2D eigenvalue weighted by Gasteiger charge is -2.37. The predicted octanol–water partition coefficient (Wildman–Crippen LogP) is 3.44. The molecule has 0 saturated carbocycles. The molecule has 1 rings (SSSR count). The first kappa shape index (κ1) is 17.9. The van der Waals surface area contributed by atoms with Crippen molar-refractivity contribution in [3.05, 3.63) is 0 Å². The molecule has 0 aromatic rings. The number of ether oxygens (including phenoxy) is 1. The molecule has 1 aliphatic heterocycles. The van der Waals surface area contributed by atoms with Crippen molar-refractivity contribution in [3.8, 4) is 0 Å². The van der Waals surface area contributed by atoms with E-state index < -0.39 is 0 Å². The fraction of sp³-hybridized carbons (Fsp3) is 1.00. The summed E-state index contributed by atoms with van der Waals surface area (Å²) < 4.78 is 6.02. The minimum Gasteiger partial charge on any atom is -0.374 e. The van der Waals surface area contributed by atoms with Gasteiger partial charge in [-0.15, -0.1) is 0 Å². The van der Waals surface area contributed by atoms with E-state index >= 15 is 0 Å². The van der Waals surface area contributed by atoms with Crippen molar-refractivity contribution in [2.45, 2.75) is 77.9 Å². The molecule has 0 aromatic carbocycles. The molecule has 1 aliphatic rings. The van der Waals surface area contributed by atoms with Crippen molar-refractivity contribution in [3.63, 3.8) is 0 Å². The van der Waals surface area contributed by atoms with Gasteiger partial charge < -0.3 is 10.1 Å². The van der Waals surface area contributed by atoms with Gasteiger partial charge in [-0.05, 0) is 19.5 Å². The molecule has 120 valence electrons. The van der Waals surface area contributed by atoms with E-state index in [0.29, 0.717) is 12.1 Å². The van der Waals surface area contributed by atoms with E-state index in [1.807, 2.05) is 0 Å². The van der Waals surface area contributed by atoms with Gasteiger partial charge in [0.25, 0.3) is 0 Å². The Labute approximate surface area is 126 Å². The largest absolute Gasteiger partial charge is 0.374 e. The third-order valence-electron chi connectivity index (χ3n) is 4.41. The molecule has 0 amide bonds. The van der Waals surface area contributed by atoms with Crippen molar-refractivity contribution in [2.75, 3.05) is 32.8 Å². The first-order valence-corrected chi connectivity index (χ1v) is 8.89. The zero-order chi connectivity index (χ0) is 14.6. The highest BCUT2D eigenvalue weighted by Crippen LogP contribution is 2.15. The molecule has 0 aliphatic carbocycles. The number of rotatable bonds is 11. The summed E-state index contributed by atoms with van der Waals surface area (Å²) in [5.74, 6) is 0. The van der Waals surface area contributed by atoms with Crippen molar-refractivity contribution < 1.29 is 4.74 Å². The van der Waals surface area contributed by atoms with Crippen LogP contribution in [0.3, 0.4) is 0 Å². The topological polar surface area (TPSA) is 24.5 Å². The van der Waals surface area contributed by atoms with Crippen molar-refractivity contribution in [1.82, 2.24) is 10.2 Å². The number of nitrogens with one attached hydrogen (secondary N) is 1. The van der Waals surface area contributed by atoms with Crippen LogP contribution in [0.4, 0.5) is 0 Å². The second-order valence-electron chi connectivity index (χ2n) is 6.02. The first-order chi connectivity index (χ1) is 9.81. The van der Waals surface area contributed by atoms with Gasteiger partial charge >= 0.3 is 0 Å². The van der Waals surface area contributed by atoms with Gasteiger partial charge in [-0.25, -0.2) is 0 Å². The quantitative estimate of drug-likeness (QED) is 0.588. The van der Waals surface area contributed by atoms with Gasteiger partial charge in [0, 0.05) is 19.1 Å². The molecule has 2 unspecified atom stereocenters. The summed E-state index contributed by atoms with van der Waals surface area (Å²) >= 11 is 0. The summed E-state index contributed by atoms with van der Waals surface area (Å²) in [6.07, 6.45) is 9.92. The zero-order valence-electron chi connectivity index (χ0n) is 14.0. The van der Waals surface area contributed by atoms with Crippen molar-refractivity contribution >= 4 is 0 Å². The molecule has 0 aromatic heterocycles. The second kappa shape index (κ2) is 11.5. The van der Waals surface area contributed by atoms with Crippen LogP contribution in [0, 0.1) is 0 Å². The Hall–Kier alpha value is -0.120. The Bertz CT molecular complexity index is 223. The van der Waals surface area contributed by atoms with Gasteiger partial charge in [0.05, 0.1) is 12.7 Å². The number of morpholine rings is 1. The molecular weight excluding hydrogens is 248 g/mol. The van der Waals surface area contributed by atoms with Crippen LogP contribution in [0.1, 0.15) is 65.7 Å². The van der Waals surface area contributed by atoms with Crippen LogP contribution < -0.4 is 5.32 Å². The Morgan fingerprint density at radius 3 is 2.55 bits per heavy atom. The molecule has 3 nitrogen and oxygen atoms in total. The Kier molecular flexibility index (Phi) is 10.3. The standard InChI is InChI=1S/C17H36N2O/c1-4-7-8-9-10-11-12-16(18-5-2)17-15-19(6-3)13-14-20-17/h16-18H,4-15H2,1-3H3. The molecule has 0 spiro atoms. The van der Waals surface area contributed by atoms with Gasteiger partial charge in [0.1, 0.15) is 0 Å². The van der Waals surface area contributed by atoms with Gasteiger partial charge in [0.2, 0.25) is 0 Å². The van der Waals surface area contributed by atoms with Gasteiger partial charge in [-0.1, -0.05) is 59.3 Å². The highest BCUT2D eigenvalue weighted by Gasteiger charge is 2.26. The molecule has 2 atom stereocenters. The third-order valence-corrected chi connectivity index (χ3v) is 4.41. The third kappa shape index (κ3) is 7.05.